The summed E-state index contributed by atoms with van der Waals surface area (Å²) in [6, 6.07) is 3.93. The fourth-order valence-electron chi connectivity index (χ4n) is 2.55. The number of aromatic carboxylic acids is 1. The molecule has 0 aromatic heterocycles. The Labute approximate surface area is 136 Å². The van der Waals surface area contributed by atoms with Gasteiger partial charge in [-0.25, -0.2) is 4.79 Å². The molecule has 0 fully saturated rings. The predicted octanol–water partition coefficient (Wildman–Crippen LogP) is 4.69. The van der Waals surface area contributed by atoms with E-state index in [1.807, 2.05) is 0 Å². The maximum atomic E-state index is 11.7. The van der Waals surface area contributed by atoms with Crippen molar-refractivity contribution in [3.05, 3.63) is 29.3 Å². The third kappa shape index (κ3) is 5.68. The van der Waals surface area contributed by atoms with E-state index in [1.54, 1.807) is 0 Å². The fourth-order valence-corrected chi connectivity index (χ4v) is 2.78. The zero-order valence-electron chi connectivity index (χ0n) is 12.8. The molecule has 5 heteroatoms. The zero-order valence-corrected chi connectivity index (χ0v) is 13.6. The lowest BCUT2D eigenvalue weighted by Gasteiger charge is -2.16. The van der Waals surface area contributed by atoms with Crippen LogP contribution in [0, 0.1) is 0 Å². The minimum atomic E-state index is -1.12. The van der Waals surface area contributed by atoms with Crippen LogP contribution in [0.25, 0.3) is 0 Å². The van der Waals surface area contributed by atoms with Gasteiger partial charge in [-0.2, -0.15) is 0 Å². The molecule has 0 spiro atoms. The molecule has 1 rings (SSSR count). The molecule has 0 bridgehead atoms. The van der Waals surface area contributed by atoms with E-state index < -0.39 is 17.1 Å². The number of phenols is 1. The van der Waals surface area contributed by atoms with Crippen LogP contribution in [-0.2, 0) is 4.79 Å². The molecule has 22 heavy (non-hydrogen) atoms. The Bertz CT molecular complexity index is 513. The maximum Gasteiger partial charge on any atom is 0.335 e. The van der Waals surface area contributed by atoms with Gasteiger partial charge in [0, 0.05) is 0 Å². The lowest BCUT2D eigenvalue weighted by molar-refractivity contribution is -0.113. The summed E-state index contributed by atoms with van der Waals surface area (Å²) in [7, 11) is 0. The van der Waals surface area contributed by atoms with Crippen molar-refractivity contribution in [2.45, 2.75) is 57.8 Å². The summed E-state index contributed by atoms with van der Waals surface area (Å²) in [5.74, 6) is -1.88. The summed E-state index contributed by atoms with van der Waals surface area (Å²) in [5.41, 5.74) is 0.309. The molecule has 1 atom stereocenters. The van der Waals surface area contributed by atoms with Crippen LogP contribution in [-0.4, -0.2) is 21.4 Å². The molecule has 4 nitrogen and oxygen atoms in total. The van der Waals surface area contributed by atoms with Gasteiger partial charge >= 0.3 is 5.97 Å². The predicted molar refractivity (Wildman–Crippen MR) is 86.7 cm³/mol. The number of aromatic hydroxyl groups is 1. The number of carboxylic acid groups (broad SMARTS) is 1. The van der Waals surface area contributed by atoms with Crippen LogP contribution in [0.2, 0.25) is 0 Å². The summed E-state index contributed by atoms with van der Waals surface area (Å²) >= 11 is 5.66. The van der Waals surface area contributed by atoms with Gasteiger partial charge in [-0.05, 0) is 41.8 Å². The van der Waals surface area contributed by atoms with Gasteiger partial charge in [0.1, 0.15) is 5.75 Å². The van der Waals surface area contributed by atoms with Crippen molar-refractivity contribution in [2.75, 3.05) is 0 Å². The van der Waals surface area contributed by atoms with Crippen molar-refractivity contribution < 1.29 is 19.8 Å². The van der Waals surface area contributed by atoms with Crippen LogP contribution in [0.5, 0.6) is 5.75 Å². The SMILES string of the molecule is CCCCCCCCC(C(=O)Cl)c1cc(O)ccc1C(=O)O. The van der Waals surface area contributed by atoms with Crippen molar-refractivity contribution >= 4 is 22.8 Å². The largest absolute Gasteiger partial charge is 0.508 e. The Kier molecular flexibility index (Phi) is 7.96. The molecule has 1 unspecified atom stereocenters. The second kappa shape index (κ2) is 9.46. The minimum absolute atomic E-state index is 0.0165. The topological polar surface area (TPSA) is 74.6 Å². The van der Waals surface area contributed by atoms with Gasteiger partial charge in [0.15, 0.2) is 0 Å². The number of unbranched alkanes of at least 4 members (excludes halogenated alkanes) is 5. The van der Waals surface area contributed by atoms with Crippen molar-refractivity contribution in [3.63, 3.8) is 0 Å². The molecule has 0 heterocycles. The van der Waals surface area contributed by atoms with Crippen molar-refractivity contribution in [2.24, 2.45) is 0 Å². The van der Waals surface area contributed by atoms with E-state index in [4.69, 9.17) is 11.6 Å². The Morgan fingerprint density at radius 3 is 2.36 bits per heavy atom. The average molecular weight is 327 g/mol. The molecule has 0 aliphatic heterocycles. The first kappa shape index (κ1) is 18.5. The molecule has 0 saturated carbocycles. The molecule has 0 aliphatic carbocycles. The summed E-state index contributed by atoms with van der Waals surface area (Å²) < 4.78 is 0. The second-order valence-electron chi connectivity index (χ2n) is 5.49. The summed E-state index contributed by atoms with van der Waals surface area (Å²) in [4.78, 5) is 23.0. The molecule has 0 aliphatic rings. The van der Waals surface area contributed by atoms with Crippen molar-refractivity contribution in [3.8, 4) is 5.75 Å². The van der Waals surface area contributed by atoms with Crippen LogP contribution in [0.3, 0.4) is 0 Å². The molecule has 2 N–H and O–H groups in total. The highest BCUT2D eigenvalue weighted by atomic mass is 35.5. The van der Waals surface area contributed by atoms with E-state index in [0.717, 1.165) is 19.3 Å². The van der Waals surface area contributed by atoms with Crippen LogP contribution in [0.15, 0.2) is 18.2 Å². The van der Waals surface area contributed by atoms with E-state index in [0.29, 0.717) is 12.0 Å². The van der Waals surface area contributed by atoms with Gasteiger partial charge in [-0.3, -0.25) is 4.79 Å². The number of halogens is 1. The standard InChI is InChI=1S/C17H23ClO4/c1-2-3-4-5-6-7-8-13(16(18)20)15-11-12(19)9-10-14(15)17(21)22/h9-11,13,19H,2-8H2,1H3,(H,21,22). The van der Waals surface area contributed by atoms with Gasteiger partial charge in [0.2, 0.25) is 5.24 Å². The fraction of sp³-hybridized carbons (Fsp3) is 0.529. The molecule has 122 valence electrons. The highest BCUT2D eigenvalue weighted by molar-refractivity contribution is 6.64. The zero-order chi connectivity index (χ0) is 16.5. The van der Waals surface area contributed by atoms with Crippen molar-refractivity contribution in [1.82, 2.24) is 0 Å². The first-order valence-corrected chi connectivity index (χ1v) is 8.10. The molecule has 0 radical (unpaired) electrons. The van der Waals surface area contributed by atoms with E-state index in [9.17, 15) is 19.8 Å². The van der Waals surface area contributed by atoms with Gasteiger partial charge < -0.3 is 10.2 Å². The van der Waals surface area contributed by atoms with Gasteiger partial charge in [0.25, 0.3) is 0 Å². The maximum absolute atomic E-state index is 11.7. The van der Waals surface area contributed by atoms with E-state index in [-0.39, 0.29) is 11.3 Å². The van der Waals surface area contributed by atoms with E-state index in [1.165, 1.54) is 37.5 Å². The van der Waals surface area contributed by atoms with E-state index >= 15 is 0 Å². The quantitative estimate of drug-likeness (QED) is 0.483. The van der Waals surface area contributed by atoms with Crippen molar-refractivity contribution in [1.29, 1.82) is 0 Å². The van der Waals surface area contributed by atoms with Gasteiger partial charge in [0.05, 0.1) is 11.5 Å². The van der Waals surface area contributed by atoms with Gasteiger partial charge in [-0.15, -0.1) is 0 Å². The Morgan fingerprint density at radius 2 is 1.77 bits per heavy atom. The molecular formula is C17H23ClO4. The smallest absolute Gasteiger partial charge is 0.335 e. The Balaban J connectivity index is 2.77. The summed E-state index contributed by atoms with van der Waals surface area (Å²) in [5, 5.41) is 18.2. The Morgan fingerprint density at radius 1 is 1.14 bits per heavy atom. The number of carbonyl (C=O) groups is 2. The number of rotatable bonds is 10. The molecule has 0 saturated heterocycles. The number of hydrogen-bond donors (Lipinski definition) is 2. The third-order valence-corrected chi connectivity index (χ3v) is 4.02. The summed E-state index contributed by atoms with van der Waals surface area (Å²) in [6.45, 7) is 2.15. The highest BCUT2D eigenvalue weighted by Crippen LogP contribution is 2.31. The highest BCUT2D eigenvalue weighted by Gasteiger charge is 2.24. The number of carbonyl (C=O) groups excluding carboxylic acids is 1. The lowest BCUT2D eigenvalue weighted by atomic mass is 9.90. The van der Waals surface area contributed by atoms with Crippen LogP contribution < -0.4 is 0 Å². The normalized spacial score (nSPS) is 12.1. The average Bonchev–Trinajstić information content (AvgIpc) is 2.45. The first-order valence-electron chi connectivity index (χ1n) is 7.73. The number of carboxylic acids is 1. The molecule has 0 amide bonds. The minimum Gasteiger partial charge on any atom is -0.508 e. The number of phenolic OH excluding ortho intramolecular Hbond substituents is 1. The second-order valence-corrected chi connectivity index (χ2v) is 5.86. The Hall–Kier alpha value is -1.55. The molecule has 1 aromatic carbocycles. The third-order valence-electron chi connectivity index (χ3n) is 3.76. The van der Waals surface area contributed by atoms with Gasteiger partial charge in [-0.1, -0.05) is 45.4 Å². The summed E-state index contributed by atoms with van der Waals surface area (Å²) in [6.07, 6.45) is 6.94. The van der Waals surface area contributed by atoms with Crippen LogP contribution in [0.4, 0.5) is 0 Å². The number of hydrogen-bond acceptors (Lipinski definition) is 3. The first-order chi connectivity index (χ1) is 10.5. The monoisotopic (exact) mass is 326 g/mol. The van der Waals surface area contributed by atoms with Crippen LogP contribution in [0.1, 0.15) is 73.7 Å². The lowest BCUT2D eigenvalue weighted by Crippen LogP contribution is -2.12. The van der Waals surface area contributed by atoms with E-state index in [2.05, 4.69) is 6.92 Å². The number of benzene rings is 1. The van der Waals surface area contributed by atoms with Crippen LogP contribution >= 0.6 is 11.6 Å². The molecular weight excluding hydrogens is 304 g/mol. The molecule has 1 aromatic rings.